The summed E-state index contributed by atoms with van der Waals surface area (Å²) in [4.78, 5) is 0. The molecule has 1 N–H and O–H groups in total. The van der Waals surface area contributed by atoms with Crippen molar-refractivity contribution < 1.29 is 4.42 Å². The van der Waals surface area contributed by atoms with Crippen molar-refractivity contribution in [2.75, 3.05) is 6.54 Å². The fourth-order valence-electron chi connectivity index (χ4n) is 3.56. The maximum atomic E-state index is 5.64. The van der Waals surface area contributed by atoms with Crippen LogP contribution < -0.4 is 5.32 Å². The molecule has 1 fully saturated rings. The third-order valence-corrected chi connectivity index (χ3v) is 4.97. The second-order valence-corrected chi connectivity index (χ2v) is 6.22. The van der Waals surface area contributed by atoms with Crippen LogP contribution in [0.25, 0.3) is 0 Å². The summed E-state index contributed by atoms with van der Waals surface area (Å²) in [5.41, 5.74) is 1.40. The lowest BCUT2D eigenvalue weighted by molar-refractivity contribution is 0.171. The summed E-state index contributed by atoms with van der Waals surface area (Å²) >= 11 is 0. The molecule has 1 aliphatic rings. The van der Waals surface area contributed by atoms with Crippen LogP contribution in [0.3, 0.4) is 0 Å². The molecule has 1 aromatic rings. The van der Waals surface area contributed by atoms with Crippen LogP contribution in [0, 0.1) is 17.8 Å². The van der Waals surface area contributed by atoms with Gasteiger partial charge in [0.05, 0.1) is 6.26 Å². The van der Waals surface area contributed by atoms with Gasteiger partial charge in [-0.1, -0.05) is 34.1 Å². The first-order valence-electron chi connectivity index (χ1n) is 7.96. The van der Waals surface area contributed by atoms with E-state index in [2.05, 4.69) is 39.1 Å². The van der Waals surface area contributed by atoms with Crippen molar-refractivity contribution in [2.45, 2.75) is 59.4 Å². The Morgan fingerprint density at radius 3 is 2.68 bits per heavy atom. The zero-order valence-corrected chi connectivity index (χ0v) is 12.9. The summed E-state index contributed by atoms with van der Waals surface area (Å²) in [6, 6.07) is 2.66. The average molecular weight is 263 g/mol. The molecule has 2 rings (SSSR count). The van der Waals surface area contributed by atoms with Gasteiger partial charge in [0.1, 0.15) is 5.76 Å². The van der Waals surface area contributed by atoms with Crippen molar-refractivity contribution in [2.24, 2.45) is 17.8 Å². The Kier molecular flexibility index (Phi) is 5.09. The van der Waals surface area contributed by atoms with Gasteiger partial charge in [0, 0.05) is 18.0 Å². The van der Waals surface area contributed by atoms with Gasteiger partial charge in [-0.05, 0) is 43.2 Å². The lowest BCUT2D eigenvalue weighted by Gasteiger charge is -2.37. The number of nitrogens with one attached hydrogen (secondary N) is 1. The largest absolute Gasteiger partial charge is 0.469 e. The normalized spacial score (nSPS) is 29.4. The molecular formula is C17H29NO. The minimum Gasteiger partial charge on any atom is -0.469 e. The molecule has 4 atom stereocenters. The van der Waals surface area contributed by atoms with Crippen LogP contribution in [-0.2, 0) is 6.42 Å². The van der Waals surface area contributed by atoms with Crippen LogP contribution in [-0.4, -0.2) is 6.54 Å². The fourth-order valence-corrected chi connectivity index (χ4v) is 3.56. The molecule has 1 aliphatic carbocycles. The molecule has 4 unspecified atom stereocenters. The van der Waals surface area contributed by atoms with E-state index in [1.54, 1.807) is 0 Å². The monoisotopic (exact) mass is 263 g/mol. The number of aryl methyl sites for hydroxylation is 1. The van der Waals surface area contributed by atoms with Gasteiger partial charge in [0.15, 0.2) is 0 Å². The zero-order valence-electron chi connectivity index (χ0n) is 12.9. The highest BCUT2D eigenvalue weighted by atomic mass is 16.3. The van der Waals surface area contributed by atoms with Gasteiger partial charge in [0.2, 0.25) is 0 Å². The predicted octanol–water partition coefficient (Wildman–Crippen LogP) is 4.56. The summed E-state index contributed by atoms with van der Waals surface area (Å²) in [6.45, 7) is 10.2. The smallest absolute Gasteiger partial charge is 0.108 e. The quantitative estimate of drug-likeness (QED) is 0.842. The van der Waals surface area contributed by atoms with E-state index in [9.17, 15) is 0 Å². The second kappa shape index (κ2) is 6.60. The Morgan fingerprint density at radius 1 is 1.26 bits per heavy atom. The molecular weight excluding hydrogens is 234 g/mol. The molecule has 0 bridgehead atoms. The van der Waals surface area contributed by atoms with Gasteiger partial charge in [-0.3, -0.25) is 0 Å². The molecule has 0 amide bonds. The van der Waals surface area contributed by atoms with E-state index >= 15 is 0 Å². The summed E-state index contributed by atoms with van der Waals surface area (Å²) in [5, 5.41) is 3.70. The maximum Gasteiger partial charge on any atom is 0.108 e. The highest BCUT2D eigenvalue weighted by Crippen LogP contribution is 2.40. The Balaban J connectivity index is 2.16. The summed E-state index contributed by atoms with van der Waals surface area (Å²) in [6.07, 6.45) is 6.90. The zero-order chi connectivity index (χ0) is 13.8. The average Bonchev–Trinajstić information content (AvgIpc) is 2.87. The third kappa shape index (κ3) is 3.22. The molecule has 1 heterocycles. The minimum absolute atomic E-state index is 0.480. The molecule has 108 valence electrons. The summed E-state index contributed by atoms with van der Waals surface area (Å²) in [5.74, 6) is 3.65. The van der Waals surface area contributed by atoms with Crippen LogP contribution in [0.1, 0.15) is 64.3 Å². The molecule has 1 aromatic heterocycles. The van der Waals surface area contributed by atoms with Crippen molar-refractivity contribution in [1.29, 1.82) is 0 Å². The third-order valence-electron chi connectivity index (χ3n) is 4.97. The van der Waals surface area contributed by atoms with Crippen molar-refractivity contribution in [3.63, 3.8) is 0 Å². The van der Waals surface area contributed by atoms with Crippen LogP contribution in [0.5, 0.6) is 0 Å². The molecule has 0 spiro atoms. The Hall–Kier alpha value is -0.760. The van der Waals surface area contributed by atoms with Crippen LogP contribution in [0.15, 0.2) is 16.7 Å². The Morgan fingerprint density at radius 2 is 2.05 bits per heavy atom. The maximum absolute atomic E-state index is 5.64. The van der Waals surface area contributed by atoms with E-state index in [-0.39, 0.29) is 0 Å². The van der Waals surface area contributed by atoms with Gasteiger partial charge >= 0.3 is 0 Å². The van der Waals surface area contributed by atoms with E-state index < -0.39 is 0 Å². The first-order chi connectivity index (χ1) is 9.17. The van der Waals surface area contributed by atoms with Gasteiger partial charge in [-0.15, -0.1) is 0 Å². The molecule has 0 aromatic carbocycles. The topological polar surface area (TPSA) is 25.2 Å². The lowest BCUT2D eigenvalue weighted by Crippen LogP contribution is -2.33. The summed E-state index contributed by atoms with van der Waals surface area (Å²) < 4.78 is 5.64. The molecule has 0 saturated heterocycles. The van der Waals surface area contributed by atoms with E-state index in [1.807, 2.05) is 6.26 Å². The second-order valence-electron chi connectivity index (χ2n) is 6.22. The standard InChI is InChI=1S/C17H29NO/c1-5-16-15(9-10-19-16)17(18-6-2)14-8-7-12(3)13(4)11-14/h9-10,12-14,17-18H,5-8,11H2,1-4H3. The molecule has 2 heteroatoms. The number of hydrogen-bond donors (Lipinski definition) is 1. The molecule has 2 nitrogen and oxygen atoms in total. The van der Waals surface area contributed by atoms with Crippen LogP contribution in [0.4, 0.5) is 0 Å². The van der Waals surface area contributed by atoms with E-state index in [0.717, 1.165) is 36.5 Å². The van der Waals surface area contributed by atoms with Crippen molar-refractivity contribution in [1.82, 2.24) is 5.32 Å². The molecule has 19 heavy (non-hydrogen) atoms. The first-order valence-corrected chi connectivity index (χ1v) is 7.96. The van der Waals surface area contributed by atoms with Crippen molar-refractivity contribution in [3.05, 3.63) is 23.7 Å². The van der Waals surface area contributed by atoms with Gasteiger partial charge < -0.3 is 9.73 Å². The minimum atomic E-state index is 0.480. The van der Waals surface area contributed by atoms with Crippen molar-refractivity contribution >= 4 is 0 Å². The molecule has 0 radical (unpaired) electrons. The van der Waals surface area contributed by atoms with Gasteiger partial charge in [-0.2, -0.15) is 0 Å². The van der Waals surface area contributed by atoms with E-state index in [1.165, 1.54) is 24.8 Å². The van der Waals surface area contributed by atoms with E-state index in [0.29, 0.717) is 6.04 Å². The molecule has 1 saturated carbocycles. The number of hydrogen-bond acceptors (Lipinski definition) is 2. The lowest BCUT2D eigenvalue weighted by atomic mass is 9.72. The van der Waals surface area contributed by atoms with Gasteiger partial charge in [-0.25, -0.2) is 0 Å². The van der Waals surface area contributed by atoms with Crippen molar-refractivity contribution in [3.8, 4) is 0 Å². The number of furan rings is 1. The van der Waals surface area contributed by atoms with Crippen LogP contribution in [0.2, 0.25) is 0 Å². The number of rotatable bonds is 5. The summed E-state index contributed by atoms with van der Waals surface area (Å²) in [7, 11) is 0. The Labute approximate surface area is 118 Å². The highest BCUT2D eigenvalue weighted by Gasteiger charge is 2.32. The fraction of sp³-hybridized carbons (Fsp3) is 0.765. The van der Waals surface area contributed by atoms with Crippen LogP contribution >= 0.6 is 0 Å². The predicted molar refractivity (Wildman–Crippen MR) is 80.2 cm³/mol. The van der Waals surface area contributed by atoms with Gasteiger partial charge in [0.25, 0.3) is 0 Å². The SMILES string of the molecule is CCNC(c1ccoc1CC)C1CCC(C)C(C)C1. The first kappa shape index (κ1) is 14.6. The molecule has 0 aliphatic heterocycles. The highest BCUT2D eigenvalue weighted by molar-refractivity contribution is 5.22. The van der Waals surface area contributed by atoms with E-state index in [4.69, 9.17) is 4.42 Å². The Bertz CT molecular complexity index is 384.